The maximum atomic E-state index is 5.44. The molecule has 4 atom stereocenters. The summed E-state index contributed by atoms with van der Waals surface area (Å²) in [4.78, 5) is 9.98. The average molecular weight is 142 g/mol. The van der Waals surface area contributed by atoms with Crippen molar-refractivity contribution < 1.29 is 14.5 Å². The van der Waals surface area contributed by atoms with Crippen molar-refractivity contribution in [2.24, 2.45) is 11.8 Å². The summed E-state index contributed by atoms with van der Waals surface area (Å²) in [6.07, 6.45) is 3.69. The lowest BCUT2D eigenvalue weighted by atomic mass is 10.0. The van der Waals surface area contributed by atoms with Crippen molar-refractivity contribution >= 4 is 0 Å². The van der Waals surface area contributed by atoms with Crippen LogP contribution >= 0.6 is 0 Å². The zero-order valence-electron chi connectivity index (χ0n) is 5.66. The second-order valence-electron chi connectivity index (χ2n) is 3.40. The molecule has 3 nitrogen and oxygen atoms in total. The van der Waals surface area contributed by atoms with E-state index in [1.165, 1.54) is 19.3 Å². The quantitative estimate of drug-likeness (QED) is 0.473. The van der Waals surface area contributed by atoms with Crippen LogP contribution in [-0.2, 0) is 14.5 Å². The molecule has 3 fully saturated rings. The highest BCUT2D eigenvalue weighted by molar-refractivity contribution is 4.85. The lowest BCUT2D eigenvalue weighted by Crippen LogP contribution is -2.28. The SMILES string of the molecule is C1CC2CC1C1OOC2O1. The molecule has 10 heavy (non-hydrogen) atoms. The van der Waals surface area contributed by atoms with Crippen LogP contribution in [-0.4, -0.2) is 12.6 Å². The van der Waals surface area contributed by atoms with Crippen LogP contribution in [0, 0.1) is 11.8 Å². The molecule has 4 unspecified atom stereocenters. The standard InChI is InChI=1S/C7H10O3/c1-2-5-3-4(1)6-8-7(5)10-9-6/h4-7H,1-3H2. The summed E-state index contributed by atoms with van der Waals surface area (Å²) in [7, 11) is 0. The molecule has 0 aromatic carbocycles. The van der Waals surface area contributed by atoms with Gasteiger partial charge in [-0.3, -0.25) is 0 Å². The molecule has 4 bridgehead atoms. The molecule has 0 aromatic rings. The molecule has 0 radical (unpaired) electrons. The van der Waals surface area contributed by atoms with E-state index in [0.717, 1.165) is 0 Å². The van der Waals surface area contributed by atoms with Gasteiger partial charge in [-0.1, -0.05) is 0 Å². The van der Waals surface area contributed by atoms with Gasteiger partial charge in [0, 0.05) is 11.8 Å². The predicted octanol–water partition coefficient (Wildman–Crippen LogP) is 1.05. The molecule has 2 saturated heterocycles. The minimum atomic E-state index is -0.0382. The van der Waals surface area contributed by atoms with E-state index in [1.807, 2.05) is 0 Å². The summed E-state index contributed by atoms with van der Waals surface area (Å²) in [6.45, 7) is 0. The summed E-state index contributed by atoms with van der Waals surface area (Å²) in [5.41, 5.74) is 0. The van der Waals surface area contributed by atoms with E-state index in [9.17, 15) is 0 Å². The summed E-state index contributed by atoms with van der Waals surface area (Å²) < 4.78 is 5.44. The van der Waals surface area contributed by atoms with Crippen molar-refractivity contribution in [2.75, 3.05) is 0 Å². The van der Waals surface area contributed by atoms with Crippen LogP contribution in [0.1, 0.15) is 19.3 Å². The van der Waals surface area contributed by atoms with Crippen LogP contribution in [0.25, 0.3) is 0 Å². The van der Waals surface area contributed by atoms with Gasteiger partial charge in [0.2, 0.25) is 0 Å². The molecule has 2 aliphatic heterocycles. The first-order valence-corrected chi connectivity index (χ1v) is 3.91. The maximum Gasteiger partial charge on any atom is 0.197 e. The number of hydrogen-bond acceptors (Lipinski definition) is 3. The number of ether oxygens (including phenoxy) is 1. The highest BCUT2D eigenvalue weighted by Gasteiger charge is 2.49. The van der Waals surface area contributed by atoms with E-state index in [0.29, 0.717) is 11.8 Å². The van der Waals surface area contributed by atoms with Gasteiger partial charge in [0.25, 0.3) is 0 Å². The highest BCUT2D eigenvalue weighted by atomic mass is 17.3. The molecule has 0 aromatic heterocycles. The van der Waals surface area contributed by atoms with Gasteiger partial charge in [-0.25, -0.2) is 9.78 Å². The zero-order chi connectivity index (χ0) is 6.55. The lowest BCUT2D eigenvalue weighted by molar-refractivity contribution is -0.303. The van der Waals surface area contributed by atoms with Crippen molar-refractivity contribution in [3.8, 4) is 0 Å². The molecule has 56 valence electrons. The minimum Gasteiger partial charge on any atom is -0.317 e. The summed E-state index contributed by atoms with van der Waals surface area (Å²) in [6, 6.07) is 0. The molecular formula is C7H10O3. The van der Waals surface area contributed by atoms with Crippen molar-refractivity contribution in [3.05, 3.63) is 0 Å². The molecule has 3 rings (SSSR count). The van der Waals surface area contributed by atoms with E-state index in [2.05, 4.69) is 0 Å². The molecule has 0 amide bonds. The Morgan fingerprint density at radius 3 is 2.10 bits per heavy atom. The van der Waals surface area contributed by atoms with E-state index in [1.54, 1.807) is 0 Å². The fourth-order valence-electron chi connectivity index (χ4n) is 2.21. The number of rotatable bonds is 0. The Hall–Kier alpha value is -0.120. The van der Waals surface area contributed by atoms with Gasteiger partial charge in [-0.15, -0.1) is 0 Å². The molecule has 2 heterocycles. The van der Waals surface area contributed by atoms with Crippen molar-refractivity contribution in [1.82, 2.24) is 0 Å². The van der Waals surface area contributed by atoms with Gasteiger partial charge < -0.3 is 4.74 Å². The lowest BCUT2D eigenvalue weighted by Gasteiger charge is -2.21. The molecule has 1 saturated carbocycles. The Morgan fingerprint density at radius 1 is 0.900 bits per heavy atom. The van der Waals surface area contributed by atoms with Gasteiger partial charge in [0.15, 0.2) is 12.6 Å². The van der Waals surface area contributed by atoms with Crippen LogP contribution in [0.3, 0.4) is 0 Å². The molecule has 1 aliphatic carbocycles. The molecular weight excluding hydrogens is 132 g/mol. The normalized spacial score (nSPS) is 57.6. The van der Waals surface area contributed by atoms with Crippen LogP contribution in [0.5, 0.6) is 0 Å². The highest BCUT2D eigenvalue weighted by Crippen LogP contribution is 2.46. The third kappa shape index (κ3) is 0.557. The number of fused-ring (bicyclic) bond motifs is 6. The second-order valence-corrected chi connectivity index (χ2v) is 3.40. The number of hydrogen-bond donors (Lipinski definition) is 0. The van der Waals surface area contributed by atoms with Crippen LogP contribution in [0.15, 0.2) is 0 Å². The van der Waals surface area contributed by atoms with Gasteiger partial charge in [0.05, 0.1) is 0 Å². The first-order valence-electron chi connectivity index (χ1n) is 3.91. The van der Waals surface area contributed by atoms with Gasteiger partial charge in [0.1, 0.15) is 0 Å². The molecule has 3 heteroatoms. The Kier molecular flexibility index (Phi) is 0.952. The van der Waals surface area contributed by atoms with Crippen LogP contribution in [0.4, 0.5) is 0 Å². The third-order valence-corrected chi connectivity index (χ3v) is 2.80. The Balaban J connectivity index is 1.94. The Morgan fingerprint density at radius 2 is 1.50 bits per heavy atom. The largest absolute Gasteiger partial charge is 0.317 e. The smallest absolute Gasteiger partial charge is 0.197 e. The summed E-state index contributed by atoms with van der Waals surface area (Å²) >= 11 is 0. The van der Waals surface area contributed by atoms with Gasteiger partial charge in [-0.2, -0.15) is 0 Å². The topological polar surface area (TPSA) is 27.7 Å². The average Bonchev–Trinajstić information content (AvgIpc) is 2.41. The maximum absolute atomic E-state index is 5.44. The summed E-state index contributed by atoms with van der Waals surface area (Å²) in [5, 5.41) is 0. The first kappa shape index (κ1) is 5.52. The third-order valence-electron chi connectivity index (χ3n) is 2.80. The Bertz CT molecular complexity index is 125. The second kappa shape index (κ2) is 1.72. The summed E-state index contributed by atoms with van der Waals surface area (Å²) in [5.74, 6) is 1.23. The van der Waals surface area contributed by atoms with E-state index in [4.69, 9.17) is 14.5 Å². The van der Waals surface area contributed by atoms with Crippen LogP contribution in [0.2, 0.25) is 0 Å². The molecule has 3 aliphatic rings. The van der Waals surface area contributed by atoms with Gasteiger partial charge >= 0.3 is 0 Å². The van der Waals surface area contributed by atoms with Crippen molar-refractivity contribution in [1.29, 1.82) is 0 Å². The van der Waals surface area contributed by atoms with E-state index in [-0.39, 0.29) is 12.6 Å². The first-order chi connectivity index (χ1) is 4.93. The van der Waals surface area contributed by atoms with Crippen molar-refractivity contribution in [3.63, 3.8) is 0 Å². The molecule has 0 spiro atoms. The van der Waals surface area contributed by atoms with E-state index < -0.39 is 0 Å². The van der Waals surface area contributed by atoms with Crippen LogP contribution < -0.4 is 0 Å². The Labute approximate surface area is 59.2 Å². The fourth-order valence-corrected chi connectivity index (χ4v) is 2.21. The zero-order valence-corrected chi connectivity index (χ0v) is 5.66. The predicted molar refractivity (Wildman–Crippen MR) is 31.7 cm³/mol. The monoisotopic (exact) mass is 142 g/mol. The fraction of sp³-hybridized carbons (Fsp3) is 1.00. The van der Waals surface area contributed by atoms with Crippen molar-refractivity contribution in [2.45, 2.75) is 31.8 Å². The van der Waals surface area contributed by atoms with E-state index >= 15 is 0 Å². The minimum absolute atomic E-state index is 0.0382. The van der Waals surface area contributed by atoms with Gasteiger partial charge in [-0.05, 0) is 19.3 Å². The molecule has 0 N–H and O–H groups in total.